The monoisotopic (exact) mass is 519 g/mol. The van der Waals surface area contributed by atoms with Gasteiger partial charge < -0.3 is 15.1 Å². The van der Waals surface area contributed by atoms with E-state index >= 15 is 0 Å². The Hall–Kier alpha value is -3.86. The molecule has 0 saturated carbocycles. The number of carbonyl (C=O) groups excluding carboxylic acids is 2. The molecule has 1 fully saturated rings. The van der Waals surface area contributed by atoms with Crippen molar-refractivity contribution in [2.45, 2.75) is 58.4 Å². The fourth-order valence-electron chi connectivity index (χ4n) is 6.52. The number of hydrogen-bond acceptors (Lipinski definition) is 3. The number of benzene rings is 3. The van der Waals surface area contributed by atoms with E-state index in [9.17, 15) is 9.59 Å². The highest BCUT2D eigenvalue weighted by atomic mass is 16.2. The van der Waals surface area contributed by atoms with Gasteiger partial charge in [-0.25, -0.2) is 0 Å². The van der Waals surface area contributed by atoms with Crippen LogP contribution in [0.3, 0.4) is 0 Å². The average Bonchev–Trinajstić information content (AvgIpc) is 3.50. The third kappa shape index (κ3) is 4.34. The standard InChI is InChI=1S/C34H37N3O2/c1-3-5-13-23-21-28(37-22-24-14-7-8-15-25(24)34(37)39)29-26-16-9-10-17-27(26)30(33(38)35-18-4-2)31(29)32(23)36-19-11-6-12-20-36/h5,7-10,13-17,21,30H,3-4,6,11-12,18-20,22H2,1-2H3,(H,35,38)/b13-5+. The summed E-state index contributed by atoms with van der Waals surface area (Å²) in [5, 5.41) is 3.20. The van der Waals surface area contributed by atoms with Gasteiger partial charge in [-0.05, 0) is 66.5 Å². The van der Waals surface area contributed by atoms with Gasteiger partial charge in [0.15, 0.2) is 0 Å². The Morgan fingerprint density at radius 1 is 1.00 bits per heavy atom. The molecule has 1 aliphatic carbocycles. The van der Waals surface area contributed by atoms with E-state index in [1.807, 2.05) is 41.3 Å². The number of allylic oxidation sites excluding steroid dienone is 1. The largest absolute Gasteiger partial charge is 0.371 e. The Bertz CT molecular complexity index is 1450. The number of rotatable bonds is 7. The van der Waals surface area contributed by atoms with Crippen LogP contribution in [0.2, 0.25) is 0 Å². The van der Waals surface area contributed by atoms with Gasteiger partial charge in [0.05, 0.1) is 18.2 Å². The first kappa shape index (κ1) is 25.4. The number of nitrogens with zero attached hydrogens (tertiary/aromatic N) is 2. The smallest absolute Gasteiger partial charge is 0.258 e. The van der Waals surface area contributed by atoms with Crippen molar-refractivity contribution >= 4 is 29.3 Å². The highest BCUT2D eigenvalue weighted by Gasteiger charge is 2.42. The van der Waals surface area contributed by atoms with E-state index in [0.29, 0.717) is 13.1 Å². The van der Waals surface area contributed by atoms with Crippen molar-refractivity contribution < 1.29 is 9.59 Å². The Morgan fingerprint density at radius 3 is 2.49 bits per heavy atom. The normalized spacial score (nSPS) is 17.9. The average molecular weight is 520 g/mol. The Morgan fingerprint density at radius 2 is 1.74 bits per heavy atom. The molecule has 0 spiro atoms. The summed E-state index contributed by atoms with van der Waals surface area (Å²) in [6, 6.07) is 18.4. The van der Waals surface area contributed by atoms with Crippen LogP contribution in [-0.4, -0.2) is 31.4 Å². The fourth-order valence-corrected chi connectivity index (χ4v) is 6.52. The van der Waals surface area contributed by atoms with Crippen molar-refractivity contribution in [1.82, 2.24) is 5.32 Å². The van der Waals surface area contributed by atoms with Gasteiger partial charge in [0, 0.05) is 42.0 Å². The third-order valence-corrected chi connectivity index (χ3v) is 8.31. The lowest BCUT2D eigenvalue weighted by Crippen LogP contribution is -2.34. The number of nitrogens with one attached hydrogen (secondary N) is 1. The van der Waals surface area contributed by atoms with E-state index in [-0.39, 0.29) is 11.8 Å². The van der Waals surface area contributed by atoms with Crippen LogP contribution in [-0.2, 0) is 11.3 Å². The van der Waals surface area contributed by atoms with Gasteiger partial charge >= 0.3 is 0 Å². The summed E-state index contributed by atoms with van der Waals surface area (Å²) in [7, 11) is 0. The molecular weight excluding hydrogens is 482 g/mol. The fraction of sp³-hybridized carbons (Fsp3) is 0.353. The molecular formula is C34H37N3O2. The molecule has 1 atom stereocenters. The van der Waals surface area contributed by atoms with Gasteiger partial charge in [-0.1, -0.05) is 68.5 Å². The number of amides is 2. The van der Waals surface area contributed by atoms with Crippen LogP contribution in [0.1, 0.15) is 84.5 Å². The molecule has 0 radical (unpaired) electrons. The molecule has 1 unspecified atom stereocenters. The first-order valence-electron chi connectivity index (χ1n) is 14.5. The maximum atomic E-state index is 13.9. The molecule has 0 bridgehead atoms. The highest BCUT2D eigenvalue weighted by Crippen LogP contribution is 2.55. The van der Waals surface area contributed by atoms with Crippen molar-refractivity contribution in [3.63, 3.8) is 0 Å². The zero-order valence-corrected chi connectivity index (χ0v) is 23.0. The zero-order chi connectivity index (χ0) is 26.9. The molecule has 3 aromatic carbocycles. The summed E-state index contributed by atoms with van der Waals surface area (Å²) in [4.78, 5) is 32.2. The van der Waals surface area contributed by atoms with Gasteiger partial charge in [0.1, 0.15) is 0 Å². The second kappa shape index (κ2) is 10.7. The van der Waals surface area contributed by atoms with Gasteiger partial charge in [-0.15, -0.1) is 0 Å². The number of carbonyl (C=O) groups is 2. The van der Waals surface area contributed by atoms with Crippen LogP contribution in [0.5, 0.6) is 0 Å². The van der Waals surface area contributed by atoms with Crippen molar-refractivity contribution in [2.75, 3.05) is 29.4 Å². The Balaban J connectivity index is 1.63. The molecule has 0 aromatic heterocycles. The van der Waals surface area contributed by atoms with Gasteiger partial charge in [-0.3, -0.25) is 9.59 Å². The number of anilines is 2. The first-order chi connectivity index (χ1) is 19.1. The second-order valence-corrected chi connectivity index (χ2v) is 10.8. The minimum Gasteiger partial charge on any atom is -0.371 e. The third-order valence-electron chi connectivity index (χ3n) is 8.31. The van der Waals surface area contributed by atoms with Gasteiger partial charge in [0.2, 0.25) is 5.91 Å². The Labute approximate surface area is 231 Å². The first-order valence-corrected chi connectivity index (χ1v) is 14.5. The predicted octanol–water partition coefficient (Wildman–Crippen LogP) is 6.90. The number of fused-ring (bicyclic) bond motifs is 4. The summed E-state index contributed by atoms with van der Waals surface area (Å²) in [6.45, 7) is 7.37. The zero-order valence-electron chi connectivity index (χ0n) is 23.0. The molecule has 1 N–H and O–H groups in total. The predicted molar refractivity (Wildman–Crippen MR) is 159 cm³/mol. The van der Waals surface area contributed by atoms with Crippen LogP contribution in [0.4, 0.5) is 11.4 Å². The van der Waals surface area contributed by atoms with E-state index in [2.05, 4.69) is 54.4 Å². The molecule has 5 nitrogen and oxygen atoms in total. The molecule has 2 aliphatic heterocycles. The molecule has 200 valence electrons. The van der Waals surface area contributed by atoms with Gasteiger partial charge in [-0.2, -0.15) is 0 Å². The molecule has 1 saturated heterocycles. The topological polar surface area (TPSA) is 52.7 Å². The lowest BCUT2D eigenvalue weighted by atomic mass is 9.89. The van der Waals surface area contributed by atoms with Crippen LogP contribution in [0, 0.1) is 0 Å². The summed E-state index contributed by atoms with van der Waals surface area (Å²) in [6.07, 6.45) is 9.72. The molecule has 5 heteroatoms. The van der Waals surface area contributed by atoms with E-state index in [0.717, 1.165) is 89.1 Å². The molecule has 3 aliphatic rings. The maximum absolute atomic E-state index is 13.9. The minimum absolute atomic E-state index is 0.0281. The number of hydrogen-bond donors (Lipinski definition) is 1. The lowest BCUT2D eigenvalue weighted by molar-refractivity contribution is -0.121. The summed E-state index contributed by atoms with van der Waals surface area (Å²) < 4.78 is 0. The van der Waals surface area contributed by atoms with Crippen molar-refractivity contribution in [2.24, 2.45) is 0 Å². The van der Waals surface area contributed by atoms with E-state index < -0.39 is 5.92 Å². The van der Waals surface area contributed by atoms with Crippen LogP contribution in [0.25, 0.3) is 17.2 Å². The van der Waals surface area contributed by atoms with Crippen molar-refractivity contribution in [1.29, 1.82) is 0 Å². The minimum atomic E-state index is -0.409. The quantitative estimate of drug-likeness (QED) is 0.369. The van der Waals surface area contributed by atoms with Crippen molar-refractivity contribution in [3.8, 4) is 11.1 Å². The number of piperidine rings is 1. The van der Waals surface area contributed by atoms with E-state index in [1.165, 1.54) is 6.42 Å². The molecule has 6 rings (SSSR count). The van der Waals surface area contributed by atoms with Crippen LogP contribution >= 0.6 is 0 Å². The molecule has 3 aromatic rings. The summed E-state index contributed by atoms with van der Waals surface area (Å²) >= 11 is 0. The maximum Gasteiger partial charge on any atom is 0.258 e. The second-order valence-electron chi connectivity index (χ2n) is 10.8. The van der Waals surface area contributed by atoms with Crippen molar-refractivity contribution in [3.05, 3.63) is 88.5 Å². The lowest BCUT2D eigenvalue weighted by Gasteiger charge is -2.34. The SMILES string of the molecule is CC/C=C/c1cc(N2Cc3ccccc3C2=O)c2c(c1N1CCCCC1)C(C(=O)NCCC)c1ccccc1-2. The van der Waals surface area contributed by atoms with E-state index in [4.69, 9.17) is 0 Å². The molecule has 2 amide bonds. The Kier molecular flexibility index (Phi) is 6.99. The van der Waals surface area contributed by atoms with Gasteiger partial charge in [0.25, 0.3) is 5.91 Å². The molecule has 2 heterocycles. The van der Waals surface area contributed by atoms with Crippen LogP contribution < -0.4 is 15.1 Å². The highest BCUT2D eigenvalue weighted by molar-refractivity contribution is 6.14. The summed E-state index contributed by atoms with van der Waals surface area (Å²) in [5.41, 5.74) is 9.16. The molecule has 39 heavy (non-hydrogen) atoms. The summed E-state index contributed by atoms with van der Waals surface area (Å²) in [5.74, 6) is -0.339. The van der Waals surface area contributed by atoms with E-state index in [1.54, 1.807) is 0 Å². The van der Waals surface area contributed by atoms with Crippen LogP contribution in [0.15, 0.2) is 60.7 Å².